The summed E-state index contributed by atoms with van der Waals surface area (Å²) in [5.74, 6) is 0.612. The summed E-state index contributed by atoms with van der Waals surface area (Å²) in [6.45, 7) is 1.87. The molecule has 164 valence electrons. The zero-order valence-corrected chi connectivity index (χ0v) is 17.5. The van der Waals surface area contributed by atoms with Crippen LogP contribution in [0.3, 0.4) is 0 Å². The normalized spacial score (nSPS) is 15.4. The number of aromatic amines is 1. The fourth-order valence-electron chi connectivity index (χ4n) is 3.87. The molecule has 0 saturated heterocycles. The number of carbonyl (C=O) groups is 1. The summed E-state index contributed by atoms with van der Waals surface area (Å²) >= 11 is 0. The predicted molar refractivity (Wildman–Crippen MR) is 113 cm³/mol. The van der Waals surface area contributed by atoms with E-state index < -0.39 is 12.2 Å². The molecule has 8 heteroatoms. The highest BCUT2D eigenvalue weighted by Crippen LogP contribution is 2.34. The van der Waals surface area contributed by atoms with Gasteiger partial charge in [-0.15, -0.1) is 0 Å². The number of alkyl halides is 2. The Hall–Kier alpha value is -3.16. The summed E-state index contributed by atoms with van der Waals surface area (Å²) < 4.78 is 37.2. The van der Waals surface area contributed by atoms with Crippen LogP contribution in [0.2, 0.25) is 0 Å². The largest absolute Gasteiger partial charge is 0.493 e. The number of amides is 1. The standard InChI is InChI=1S/C23H25F2N3O3/c1-13(14-8-10-19(20(12-14)30-2)31-16-5-3-4-6-16)26-23(29)15-7-9-17-18(11-15)28-22(27-17)21(24)25/h7-13,16,21H,3-6H2,1-2H3,(H,26,29)(H,27,28). The van der Waals surface area contributed by atoms with Crippen molar-refractivity contribution in [2.45, 2.75) is 51.2 Å². The number of hydrogen-bond donors (Lipinski definition) is 2. The minimum Gasteiger partial charge on any atom is -0.493 e. The van der Waals surface area contributed by atoms with Gasteiger partial charge in [-0.2, -0.15) is 0 Å². The van der Waals surface area contributed by atoms with Crippen LogP contribution < -0.4 is 14.8 Å². The van der Waals surface area contributed by atoms with Crippen LogP contribution in [0.4, 0.5) is 8.78 Å². The van der Waals surface area contributed by atoms with E-state index in [9.17, 15) is 13.6 Å². The van der Waals surface area contributed by atoms with Gasteiger partial charge in [-0.3, -0.25) is 4.79 Å². The van der Waals surface area contributed by atoms with Crippen LogP contribution in [-0.4, -0.2) is 29.1 Å². The van der Waals surface area contributed by atoms with Gasteiger partial charge in [0, 0.05) is 5.56 Å². The molecule has 0 spiro atoms. The number of nitrogens with one attached hydrogen (secondary N) is 2. The number of imidazole rings is 1. The van der Waals surface area contributed by atoms with Crippen LogP contribution in [-0.2, 0) is 0 Å². The van der Waals surface area contributed by atoms with Crippen molar-refractivity contribution in [3.05, 3.63) is 53.3 Å². The van der Waals surface area contributed by atoms with Gasteiger partial charge in [-0.05, 0) is 68.5 Å². The molecule has 4 rings (SSSR count). The molecule has 3 aromatic rings. The van der Waals surface area contributed by atoms with E-state index in [2.05, 4.69) is 15.3 Å². The van der Waals surface area contributed by atoms with Crippen LogP contribution in [0.5, 0.6) is 11.5 Å². The second-order valence-electron chi connectivity index (χ2n) is 7.78. The van der Waals surface area contributed by atoms with Crippen molar-refractivity contribution >= 4 is 16.9 Å². The van der Waals surface area contributed by atoms with E-state index >= 15 is 0 Å². The quantitative estimate of drug-likeness (QED) is 0.533. The Labute approximate surface area is 179 Å². The summed E-state index contributed by atoms with van der Waals surface area (Å²) in [5.41, 5.74) is 2.01. The van der Waals surface area contributed by atoms with Crippen molar-refractivity contribution < 1.29 is 23.0 Å². The van der Waals surface area contributed by atoms with Crippen molar-refractivity contribution in [3.63, 3.8) is 0 Å². The second kappa shape index (κ2) is 8.91. The fraction of sp³-hybridized carbons (Fsp3) is 0.391. The Kier molecular flexibility index (Phi) is 6.06. The van der Waals surface area contributed by atoms with Gasteiger partial charge in [0.2, 0.25) is 0 Å². The molecule has 1 saturated carbocycles. The number of ether oxygens (including phenoxy) is 2. The lowest BCUT2D eigenvalue weighted by molar-refractivity contribution is 0.0940. The van der Waals surface area contributed by atoms with E-state index in [1.807, 2.05) is 25.1 Å². The number of benzene rings is 2. The third-order valence-electron chi connectivity index (χ3n) is 5.60. The molecule has 0 aliphatic heterocycles. The lowest BCUT2D eigenvalue weighted by atomic mass is 10.1. The van der Waals surface area contributed by atoms with Crippen LogP contribution in [0.25, 0.3) is 11.0 Å². The van der Waals surface area contributed by atoms with Gasteiger partial charge in [0.25, 0.3) is 12.3 Å². The van der Waals surface area contributed by atoms with Crippen molar-refractivity contribution in [3.8, 4) is 11.5 Å². The topological polar surface area (TPSA) is 76.2 Å². The van der Waals surface area contributed by atoms with Gasteiger partial charge < -0.3 is 19.8 Å². The maximum Gasteiger partial charge on any atom is 0.295 e. The number of fused-ring (bicyclic) bond motifs is 1. The Morgan fingerprint density at radius 3 is 2.65 bits per heavy atom. The smallest absolute Gasteiger partial charge is 0.295 e. The maximum absolute atomic E-state index is 12.8. The molecule has 2 N–H and O–H groups in total. The van der Waals surface area contributed by atoms with Gasteiger partial charge in [-0.25, -0.2) is 13.8 Å². The molecule has 2 aromatic carbocycles. The van der Waals surface area contributed by atoms with Crippen molar-refractivity contribution in [2.75, 3.05) is 7.11 Å². The maximum atomic E-state index is 12.8. The summed E-state index contributed by atoms with van der Waals surface area (Å²) in [6, 6.07) is 9.99. The van der Waals surface area contributed by atoms with E-state index in [4.69, 9.17) is 9.47 Å². The van der Waals surface area contributed by atoms with Crippen molar-refractivity contribution in [2.24, 2.45) is 0 Å². The summed E-state index contributed by atoms with van der Waals surface area (Å²) in [4.78, 5) is 19.1. The minimum atomic E-state index is -2.69. The molecular formula is C23H25F2N3O3. The molecular weight excluding hydrogens is 404 g/mol. The van der Waals surface area contributed by atoms with E-state index in [1.54, 1.807) is 19.2 Å². The highest BCUT2D eigenvalue weighted by molar-refractivity contribution is 5.97. The van der Waals surface area contributed by atoms with E-state index in [0.717, 1.165) is 18.4 Å². The number of hydrogen-bond acceptors (Lipinski definition) is 4. The zero-order valence-electron chi connectivity index (χ0n) is 17.5. The van der Waals surface area contributed by atoms with Crippen LogP contribution in [0, 0.1) is 0 Å². The van der Waals surface area contributed by atoms with Crippen LogP contribution in [0.1, 0.15) is 66.8 Å². The molecule has 6 nitrogen and oxygen atoms in total. The first-order valence-corrected chi connectivity index (χ1v) is 10.4. The van der Waals surface area contributed by atoms with Crippen LogP contribution in [0.15, 0.2) is 36.4 Å². The Balaban J connectivity index is 1.47. The molecule has 31 heavy (non-hydrogen) atoms. The average Bonchev–Trinajstić information content (AvgIpc) is 3.43. The third kappa shape index (κ3) is 4.62. The van der Waals surface area contributed by atoms with E-state index in [1.165, 1.54) is 18.9 Å². The molecule has 1 amide bonds. The first-order chi connectivity index (χ1) is 14.9. The lowest BCUT2D eigenvalue weighted by Gasteiger charge is -2.19. The minimum absolute atomic E-state index is 0.222. The molecule has 1 aliphatic rings. The average molecular weight is 429 g/mol. The molecule has 1 aliphatic carbocycles. The second-order valence-corrected chi connectivity index (χ2v) is 7.78. The van der Waals surface area contributed by atoms with E-state index in [0.29, 0.717) is 28.1 Å². The summed E-state index contributed by atoms with van der Waals surface area (Å²) in [5, 5.41) is 2.93. The van der Waals surface area contributed by atoms with Gasteiger partial charge in [0.15, 0.2) is 17.3 Å². The van der Waals surface area contributed by atoms with Gasteiger partial charge in [0.1, 0.15) is 0 Å². The SMILES string of the molecule is COc1cc(C(C)NC(=O)c2ccc3nc(C(F)F)[nH]c3c2)ccc1OC1CCCC1. The van der Waals surface area contributed by atoms with Gasteiger partial charge >= 0.3 is 0 Å². The highest BCUT2D eigenvalue weighted by Gasteiger charge is 2.20. The number of carbonyl (C=O) groups excluding carboxylic acids is 1. The number of aromatic nitrogens is 2. The highest BCUT2D eigenvalue weighted by atomic mass is 19.3. The summed E-state index contributed by atoms with van der Waals surface area (Å²) in [6.07, 6.45) is 2.00. The predicted octanol–water partition coefficient (Wildman–Crippen LogP) is 5.32. The Morgan fingerprint density at radius 2 is 1.94 bits per heavy atom. The van der Waals surface area contributed by atoms with Gasteiger partial charge in [-0.1, -0.05) is 6.07 Å². The molecule has 1 heterocycles. The molecule has 0 bridgehead atoms. The molecule has 0 radical (unpaired) electrons. The first-order valence-electron chi connectivity index (χ1n) is 10.4. The number of nitrogens with zero attached hydrogens (tertiary/aromatic N) is 1. The summed E-state index contributed by atoms with van der Waals surface area (Å²) in [7, 11) is 1.59. The zero-order chi connectivity index (χ0) is 22.0. The number of methoxy groups -OCH3 is 1. The monoisotopic (exact) mass is 429 g/mol. The lowest BCUT2D eigenvalue weighted by Crippen LogP contribution is -2.26. The Bertz CT molecular complexity index is 1080. The number of rotatable bonds is 7. The third-order valence-corrected chi connectivity index (χ3v) is 5.60. The molecule has 1 aromatic heterocycles. The van der Waals surface area contributed by atoms with Gasteiger partial charge in [0.05, 0.1) is 30.3 Å². The molecule has 1 fully saturated rings. The molecule has 1 unspecified atom stereocenters. The van der Waals surface area contributed by atoms with Crippen molar-refractivity contribution in [1.82, 2.24) is 15.3 Å². The number of halogens is 2. The number of H-pyrrole nitrogens is 1. The fourth-order valence-corrected chi connectivity index (χ4v) is 3.87. The van der Waals surface area contributed by atoms with E-state index in [-0.39, 0.29) is 18.1 Å². The van der Waals surface area contributed by atoms with Crippen molar-refractivity contribution in [1.29, 1.82) is 0 Å². The Morgan fingerprint density at radius 1 is 1.16 bits per heavy atom. The molecule has 1 atom stereocenters. The first kappa shape index (κ1) is 21.1. The van der Waals surface area contributed by atoms with Crippen LogP contribution >= 0.6 is 0 Å².